The number of benzene rings is 1. The van der Waals surface area contributed by atoms with E-state index in [-0.39, 0.29) is 0 Å². The summed E-state index contributed by atoms with van der Waals surface area (Å²) >= 11 is 3.54. The van der Waals surface area contributed by atoms with Gasteiger partial charge in [0.2, 0.25) is 0 Å². The molecule has 0 saturated carbocycles. The smallest absolute Gasteiger partial charge is 0.120 e. The third-order valence-electron chi connectivity index (χ3n) is 3.21. The molecule has 1 aliphatic heterocycles. The van der Waals surface area contributed by atoms with Crippen molar-refractivity contribution in [3.05, 3.63) is 27.7 Å². The molecule has 0 aromatic heterocycles. The van der Waals surface area contributed by atoms with E-state index in [0.717, 1.165) is 35.1 Å². The number of halogens is 1. The first-order valence-electron chi connectivity index (χ1n) is 5.85. The predicted octanol–water partition coefficient (Wildman–Crippen LogP) is 3.01. The second-order valence-electron chi connectivity index (χ2n) is 4.66. The second-order valence-corrected chi connectivity index (χ2v) is 5.52. The highest BCUT2D eigenvalue weighted by Gasteiger charge is 2.17. The molecule has 0 radical (unpaired) electrons. The van der Waals surface area contributed by atoms with Crippen LogP contribution >= 0.6 is 15.9 Å². The molecule has 0 aliphatic carbocycles. The number of hydrogen-bond acceptors (Lipinski definition) is 2. The number of aryl methyl sites for hydroxylation is 1. The fraction of sp³-hybridized carbons (Fsp3) is 0.538. The topological polar surface area (TPSA) is 32.3 Å². The molecular formula is C13H18BrNO. The summed E-state index contributed by atoms with van der Waals surface area (Å²) in [6.45, 7) is 4.20. The van der Waals surface area contributed by atoms with E-state index < -0.39 is 0 Å². The van der Waals surface area contributed by atoms with Gasteiger partial charge in [0.05, 0.1) is 0 Å². The highest BCUT2D eigenvalue weighted by molar-refractivity contribution is 9.10. The van der Waals surface area contributed by atoms with Gasteiger partial charge < -0.3 is 10.4 Å². The van der Waals surface area contributed by atoms with Gasteiger partial charge in [0, 0.05) is 10.0 Å². The third kappa shape index (κ3) is 2.77. The summed E-state index contributed by atoms with van der Waals surface area (Å²) in [4.78, 5) is 0. The summed E-state index contributed by atoms with van der Waals surface area (Å²) in [6.07, 6.45) is 3.46. The van der Waals surface area contributed by atoms with Crippen molar-refractivity contribution < 1.29 is 5.11 Å². The van der Waals surface area contributed by atoms with E-state index in [2.05, 4.69) is 27.3 Å². The average molecular weight is 284 g/mol. The first-order valence-corrected chi connectivity index (χ1v) is 6.65. The van der Waals surface area contributed by atoms with Gasteiger partial charge in [-0.2, -0.15) is 0 Å². The Kier molecular flexibility index (Phi) is 3.87. The van der Waals surface area contributed by atoms with Crippen molar-refractivity contribution in [1.82, 2.24) is 5.32 Å². The monoisotopic (exact) mass is 283 g/mol. The molecule has 1 saturated heterocycles. The van der Waals surface area contributed by atoms with Crippen molar-refractivity contribution in [3.8, 4) is 5.75 Å². The highest BCUT2D eigenvalue weighted by atomic mass is 79.9. The van der Waals surface area contributed by atoms with E-state index in [9.17, 15) is 5.11 Å². The van der Waals surface area contributed by atoms with Crippen LogP contribution < -0.4 is 5.32 Å². The Bertz CT molecular complexity index is 349. The first kappa shape index (κ1) is 11.9. The van der Waals surface area contributed by atoms with E-state index >= 15 is 0 Å². The molecule has 2 N–H and O–H groups in total. The number of piperidine rings is 1. The summed E-state index contributed by atoms with van der Waals surface area (Å²) in [5.74, 6) is 1.08. The zero-order valence-corrected chi connectivity index (χ0v) is 11.2. The largest absolute Gasteiger partial charge is 0.508 e. The van der Waals surface area contributed by atoms with Crippen molar-refractivity contribution in [2.24, 2.45) is 5.92 Å². The molecule has 1 aliphatic rings. The lowest BCUT2D eigenvalue weighted by Crippen LogP contribution is -2.30. The van der Waals surface area contributed by atoms with Crippen LogP contribution in [0.3, 0.4) is 0 Å². The SMILES string of the molecule is Cc1cc(O)c(CC2CCCNC2)c(Br)c1. The summed E-state index contributed by atoms with van der Waals surface area (Å²) in [6, 6.07) is 3.92. The van der Waals surface area contributed by atoms with Gasteiger partial charge in [-0.3, -0.25) is 0 Å². The molecule has 1 aromatic rings. The molecule has 88 valence electrons. The summed E-state index contributed by atoms with van der Waals surface area (Å²) < 4.78 is 1.04. The van der Waals surface area contributed by atoms with Crippen LogP contribution in [0.15, 0.2) is 16.6 Å². The predicted molar refractivity (Wildman–Crippen MR) is 69.8 cm³/mol. The van der Waals surface area contributed by atoms with Gasteiger partial charge in [-0.1, -0.05) is 15.9 Å². The van der Waals surface area contributed by atoms with Crippen molar-refractivity contribution in [3.63, 3.8) is 0 Å². The minimum Gasteiger partial charge on any atom is -0.508 e. The summed E-state index contributed by atoms with van der Waals surface area (Å²) in [5.41, 5.74) is 2.15. The number of aromatic hydroxyl groups is 1. The Morgan fingerprint density at radius 3 is 2.94 bits per heavy atom. The fourth-order valence-corrected chi connectivity index (χ4v) is 3.07. The van der Waals surface area contributed by atoms with Gasteiger partial charge in [-0.05, 0) is 62.9 Å². The lowest BCUT2D eigenvalue weighted by molar-refractivity contribution is 0.369. The zero-order valence-electron chi connectivity index (χ0n) is 9.59. The van der Waals surface area contributed by atoms with E-state index in [1.807, 2.05) is 13.0 Å². The van der Waals surface area contributed by atoms with Crippen LogP contribution in [0.5, 0.6) is 5.75 Å². The minimum atomic E-state index is 0.428. The first-order chi connectivity index (χ1) is 7.66. The number of phenols is 1. The van der Waals surface area contributed by atoms with E-state index in [0.29, 0.717) is 11.7 Å². The maximum absolute atomic E-state index is 9.95. The Morgan fingerprint density at radius 1 is 1.50 bits per heavy atom. The van der Waals surface area contributed by atoms with Gasteiger partial charge in [0.1, 0.15) is 5.75 Å². The van der Waals surface area contributed by atoms with Crippen LogP contribution in [-0.2, 0) is 6.42 Å². The maximum Gasteiger partial charge on any atom is 0.120 e. The molecular weight excluding hydrogens is 266 g/mol. The molecule has 1 atom stereocenters. The third-order valence-corrected chi connectivity index (χ3v) is 3.92. The molecule has 2 rings (SSSR count). The molecule has 1 aromatic carbocycles. The Morgan fingerprint density at radius 2 is 2.31 bits per heavy atom. The van der Waals surface area contributed by atoms with Gasteiger partial charge in [0.15, 0.2) is 0 Å². The Balaban J connectivity index is 2.14. The molecule has 0 bridgehead atoms. The number of rotatable bonds is 2. The second kappa shape index (κ2) is 5.19. The van der Waals surface area contributed by atoms with Crippen molar-refractivity contribution in [2.45, 2.75) is 26.2 Å². The molecule has 0 amide bonds. The van der Waals surface area contributed by atoms with Crippen LogP contribution in [0.2, 0.25) is 0 Å². The van der Waals surface area contributed by atoms with Gasteiger partial charge >= 0.3 is 0 Å². The lowest BCUT2D eigenvalue weighted by atomic mass is 9.91. The van der Waals surface area contributed by atoms with Gasteiger partial charge in [0.25, 0.3) is 0 Å². The number of hydrogen-bond donors (Lipinski definition) is 2. The van der Waals surface area contributed by atoms with Gasteiger partial charge in [-0.15, -0.1) is 0 Å². The summed E-state index contributed by atoms with van der Waals surface area (Å²) in [5, 5.41) is 13.4. The van der Waals surface area contributed by atoms with Gasteiger partial charge in [-0.25, -0.2) is 0 Å². The molecule has 1 unspecified atom stereocenters. The Hall–Kier alpha value is -0.540. The minimum absolute atomic E-state index is 0.428. The molecule has 16 heavy (non-hydrogen) atoms. The van der Waals surface area contributed by atoms with Crippen molar-refractivity contribution in [1.29, 1.82) is 0 Å². The molecule has 1 heterocycles. The average Bonchev–Trinajstić information content (AvgIpc) is 2.25. The van der Waals surface area contributed by atoms with Crippen LogP contribution in [-0.4, -0.2) is 18.2 Å². The lowest BCUT2D eigenvalue weighted by Gasteiger charge is -2.23. The molecule has 2 nitrogen and oxygen atoms in total. The normalized spacial score (nSPS) is 21.0. The van der Waals surface area contributed by atoms with E-state index in [1.165, 1.54) is 12.8 Å². The Labute approximate surface area is 105 Å². The van der Waals surface area contributed by atoms with Crippen molar-refractivity contribution in [2.75, 3.05) is 13.1 Å². The van der Waals surface area contributed by atoms with Crippen LogP contribution in [0.1, 0.15) is 24.0 Å². The molecule has 1 fully saturated rings. The number of phenolic OH excluding ortho intramolecular Hbond substituents is 1. The van der Waals surface area contributed by atoms with Crippen molar-refractivity contribution >= 4 is 15.9 Å². The standard InChI is InChI=1S/C13H18BrNO/c1-9-5-12(14)11(13(16)6-9)7-10-3-2-4-15-8-10/h5-6,10,15-16H,2-4,7-8H2,1H3. The van der Waals surface area contributed by atoms with Crippen LogP contribution in [0.4, 0.5) is 0 Å². The van der Waals surface area contributed by atoms with E-state index in [1.54, 1.807) is 0 Å². The highest BCUT2D eigenvalue weighted by Crippen LogP contribution is 2.31. The molecule has 3 heteroatoms. The van der Waals surface area contributed by atoms with E-state index in [4.69, 9.17) is 0 Å². The maximum atomic E-state index is 9.95. The zero-order chi connectivity index (χ0) is 11.5. The summed E-state index contributed by atoms with van der Waals surface area (Å²) in [7, 11) is 0. The quantitative estimate of drug-likeness (QED) is 0.875. The van der Waals surface area contributed by atoms with Crippen LogP contribution in [0.25, 0.3) is 0 Å². The van der Waals surface area contributed by atoms with Crippen LogP contribution in [0, 0.1) is 12.8 Å². The molecule has 0 spiro atoms. The fourth-order valence-electron chi connectivity index (χ4n) is 2.34. The number of nitrogens with one attached hydrogen (secondary N) is 1.